The maximum atomic E-state index is 12.7. The van der Waals surface area contributed by atoms with Gasteiger partial charge in [0, 0.05) is 13.1 Å². The van der Waals surface area contributed by atoms with Crippen LogP contribution in [0.25, 0.3) is 20.1 Å². The molecule has 1 saturated heterocycles. The lowest BCUT2D eigenvalue weighted by molar-refractivity contribution is 0.0251. The molecule has 1 aromatic carbocycles. The summed E-state index contributed by atoms with van der Waals surface area (Å²) in [7, 11) is 0. The number of carbonyl (C=O) groups is 1. The molecule has 1 N–H and O–H groups in total. The van der Waals surface area contributed by atoms with Crippen LogP contribution in [0.1, 0.15) is 23.0 Å². The largest absolute Gasteiger partial charge is 0.391 e. The smallest absolute Gasteiger partial charge is 0.264 e. The highest BCUT2D eigenvalue weighted by Gasteiger charge is 2.28. The fraction of sp³-hybridized carbons (Fsp3) is 0.333. The van der Waals surface area contributed by atoms with E-state index in [1.807, 2.05) is 37.3 Å². The molecule has 0 aliphatic carbocycles. The molecule has 1 aliphatic heterocycles. The van der Waals surface area contributed by atoms with Crippen LogP contribution in [-0.4, -0.2) is 40.1 Å². The maximum Gasteiger partial charge on any atom is 0.264 e. The molecule has 4 rings (SSSR count). The highest BCUT2D eigenvalue weighted by molar-refractivity contribution is 7.26. The Bertz CT molecular complexity index is 853. The number of nitrogens with zero attached hydrogens (tertiary/aromatic N) is 2. The lowest BCUT2D eigenvalue weighted by Crippen LogP contribution is -2.45. The molecule has 1 amide bonds. The number of likely N-dealkylation sites (tertiary alicyclic amines) is 1. The number of aliphatic hydroxyl groups excluding tert-OH is 1. The second-order valence-corrected chi connectivity index (χ2v) is 8.35. The third kappa shape index (κ3) is 2.85. The average molecular weight is 358 g/mol. The number of fused-ring (bicyclic) bond motifs is 1. The Morgan fingerprint density at radius 3 is 2.88 bits per heavy atom. The number of piperidine rings is 1. The first-order valence-corrected chi connectivity index (χ1v) is 9.68. The van der Waals surface area contributed by atoms with Crippen LogP contribution in [-0.2, 0) is 0 Å². The van der Waals surface area contributed by atoms with Gasteiger partial charge in [-0.3, -0.25) is 4.79 Å². The van der Waals surface area contributed by atoms with Crippen molar-refractivity contribution in [2.24, 2.45) is 5.92 Å². The van der Waals surface area contributed by atoms with Gasteiger partial charge in [0.15, 0.2) is 0 Å². The Hall–Kier alpha value is -1.76. The zero-order valence-corrected chi connectivity index (χ0v) is 14.9. The third-order valence-electron chi connectivity index (χ3n) is 4.53. The summed E-state index contributed by atoms with van der Waals surface area (Å²) in [5, 5.41) is 11.0. The summed E-state index contributed by atoms with van der Waals surface area (Å²) in [5.41, 5.74) is 0.993. The van der Waals surface area contributed by atoms with E-state index in [2.05, 4.69) is 11.1 Å². The Morgan fingerprint density at radius 2 is 2.08 bits per heavy atom. The quantitative estimate of drug-likeness (QED) is 0.757. The maximum absolute atomic E-state index is 12.7. The molecule has 3 aromatic rings. The number of para-hydroxylation sites is 1. The monoisotopic (exact) mass is 358 g/mol. The molecule has 3 heterocycles. The number of rotatable bonds is 2. The molecule has 2 aromatic heterocycles. The first-order chi connectivity index (χ1) is 11.6. The molecule has 0 saturated carbocycles. The molecule has 2 atom stereocenters. The topological polar surface area (TPSA) is 53.4 Å². The zero-order chi connectivity index (χ0) is 16.7. The number of hydrogen-bond acceptors (Lipinski definition) is 5. The van der Waals surface area contributed by atoms with Crippen LogP contribution in [0.5, 0.6) is 0 Å². The van der Waals surface area contributed by atoms with Crippen molar-refractivity contribution >= 4 is 38.8 Å². The van der Waals surface area contributed by atoms with Gasteiger partial charge in [-0.2, -0.15) is 0 Å². The number of carbonyl (C=O) groups excluding carboxylic acids is 1. The van der Waals surface area contributed by atoms with E-state index in [0.29, 0.717) is 18.0 Å². The molecule has 2 unspecified atom stereocenters. The van der Waals surface area contributed by atoms with E-state index in [9.17, 15) is 9.90 Å². The van der Waals surface area contributed by atoms with Crippen molar-refractivity contribution in [1.29, 1.82) is 0 Å². The highest BCUT2D eigenvalue weighted by Crippen LogP contribution is 2.35. The van der Waals surface area contributed by atoms with E-state index < -0.39 is 6.10 Å². The van der Waals surface area contributed by atoms with Gasteiger partial charge in [0.25, 0.3) is 5.91 Å². The number of thiophene rings is 1. The highest BCUT2D eigenvalue weighted by atomic mass is 32.1. The summed E-state index contributed by atoms with van der Waals surface area (Å²) in [6.45, 7) is 3.17. The first kappa shape index (κ1) is 15.7. The van der Waals surface area contributed by atoms with Gasteiger partial charge in [0.1, 0.15) is 5.01 Å². The van der Waals surface area contributed by atoms with Crippen molar-refractivity contribution < 1.29 is 9.90 Å². The second kappa shape index (κ2) is 6.27. The molecule has 1 aliphatic rings. The van der Waals surface area contributed by atoms with Crippen LogP contribution in [0.3, 0.4) is 0 Å². The molecular formula is C18H18N2O2S2. The Balaban J connectivity index is 1.57. The van der Waals surface area contributed by atoms with Crippen molar-refractivity contribution in [3.63, 3.8) is 0 Å². The molecule has 24 heavy (non-hydrogen) atoms. The fourth-order valence-corrected chi connectivity index (χ4v) is 4.93. The van der Waals surface area contributed by atoms with E-state index in [1.165, 1.54) is 11.3 Å². The second-order valence-electron chi connectivity index (χ2n) is 6.24. The van der Waals surface area contributed by atoms with Crippen LogP contribution in [0, 0.1) is 5.92 Å². The third-order valence-corrected chi connectivity index (χ3v) is 6.81. The molecule has 0 spiro atoms. The molecule has 4 nitrogen and oxygen atoms in total. The minimum atomic E-state index is -0.425. The Kier molecular flexibility index (Phi) is 4.12. The standard InChI is InChI=1S/C18H18N2O2S2/c1-11-8-9-20(10-13(11)21)18(22)16-7-6-15(23-16)17-19-12-4-2-3-5-14(12)24-17/h2-7,11,13,21H,8-10H2,1H3. The zero-order valence-electron chi connectivity index (χ0n) is 13.3. The summed E-state index contributed by atoms with van der Waals surface area (Å²) in [5.74, 6) is 0.272. The van der Waals surface area contributed by atoms with Gasteiger partial charge in [0.2, 0.25) is 0 Å². The minimum absolute atomic E-state index is 0.0123. The van der Waals surface area contributed by atoms with Gasteiger partial charge in [-0.05, 0) is 36.6 Å². The normalized spacial score (nSPS) is 21.3. The van der Waals surface area contributed by atoms with Crippen molar-refractivity contribution in [3.05, 3.63) is 41.3 Å². The number of thiazole rings is 1. The van der Waals surface area contributed by atoms with Crippen molar-refractivity contribution in [3.8, 4) is 9.88 Å². The predicted molar refractivity (Wildman–Crippen MR) is 98.6 cm³/mol. The van der Waals surface area contributed by atoms with Crippen LogP contribution < -0.4 is 0 Å². The van der Waals surface area contributed by atoms with Crippen LogP contribution in [0.4, 0.5) is 0 Å². The van der Waals surface area contributed by atoms with Gasteiger partial charge in [0.05, 0.1) is 26.1 Å². The molecule has 0 bridgehead atoms. The summed E-state index contributed by atoms with van der Waals surface area (Å²) in [6.07, 6.45) is 0.426. The number of amides is 1. The summed E-state index contributed by atoms with van der Waals surface area (Å²) >= 11 is 3.13. The molecule has 0 radical (unpaired) electrons. The lowest BCUT2D eigenvalue weighted by atomic mass is 9.96. The fourth-order valence-electron chi connectivity index (χ4n) is 2.93. The van der Waals surface area contributed by atoms with Crippen molar-refractivity contribution in [1.82, 2.24) is 9.88 Å². The number of aliphatic hydroxyl groups is 1. The van der Waals surface area contributed by atoms with E-state index >= 15 is 0 Å². The Morgan fingerprint density at radius 1 is 1.25 bits per heavy atom. The summed E-state index contributed by atoms with van der Waals surface area (Å²) < 4.78 is 1.15. The van der Waals surface area contributed by atoms with Gasteiger partial charge >= 0.3 is 0 Å². The van der Waals surface area contributed by atoms with E-state index in [0.717, 1.165) is 26.5 Å². The summed E-state index contributed by atoms with van der Waals surface area (Å²) in [6, 6.07) is 11.9. The van der Waals surface area contributed by atoms with Crippen LogP contribution >= 0.6 is 22.7 Å². The van der Waals surface area contributed by atoms with Gasteiger partial charge in [-0.1, -0.05) is 19.1 Å². The van der Waals surface area contributed by atoms with E-state index in [1.54, 1.807) is 16.2 Å². The van der Waals surface area contributed by atoms with Crippen molar-refractivity contribution in [2.75, 3.05) is 13.1 Å². The lowest BCUT2D eigenvalue weighted by Gasteiger charge is -2.34. The molecule has 1 fully saturated rings. The van der Waals surface area contributed by atoms with Gasteiger partial charge in [-0.15, -0.1) is 22.7 Å². The van der Waals surface area contributed by atoms with Gasteiger partial charge in [-0.25, -0.2) is 4.98 Å². The number of benzene rings is 1. The van der Waals surface area contributed by atoms with Crippen LogP contribution in [0.15, 0.2) is 36.4 Å². The molecular weight excluding hydrogens is 340 g/mol. The van der Waals surface area contributed by atoms with Gasteiger partial charge < -0.3 is 10.0 Å². The number of hydrogen-bond donors (Lipinski definition) is 1. The molecule has 124 valence electrons. The summed E-state index contributed by atoms with van der Waals surface area (Å²) in [4.78, 5) is 20.8. The first-order valence-electron chi connectivity index (χ1n) is 8.05. The SMILES string of the molecule is CC1CCN(C(=O)c2ccc(-c3nc4ccccc4s3)s2)CC1O. The van der Waals surface area contributed by atoms with Crippen LogP contribution in [0.2, 0.25) is 0 Å². The van der Waals surface area contributed by atoms with E-state index in [-0.39, 0.29) is 11.8 Å². The Labute approximate surface area is 148 Å². The molecule has 6 heteroatoms. The van der Waals surface area contributed by atoms with E-state index in [4.69, 9.17) is 0 Å². The number of aromatic nitrogens is 1. The van der Waals surface area contributed by atoms with Crippen molar-refractivity contribution in [2.45, 2.75) is 19.4 Å². The minimum Gasteiger partial charge on any atom is -0.391 e. The number of β-amino-alcohol motifs (C(OH)–C–C–N with tert-alkyl or cyclic N) is 1. The average Bonchev–Trinajstić information content (AvgIpc) is 3.23. The predicted octanol–water partition coefficient (Wildman–Crippen LogP) is 3.87.